The van der Waals surface area contributed by atoms with Gasteiger partial charge in [0.2, 0.25) is 0 Å². The van der Waals surface area contributed by atoms with Crippen molar-refractivity contribution in [2.45, 2.75) is 19.9 Å². The van der Waals surface area contributed by atoms with E-state index in [-0.39, 0.29) is 11.9 Å². The third-order valence-corrected chi connectivity index (χ3v) is 3.96. The molecule has 0 spiro atoms. The summed E-state index contributed by atoms with van der Waals surface area (Å²) in [5.41, 5.74) is 1.93. The number of hydrogen-bond donors (Lipinski definition) is 1. The van der Waals surface area contributed by atoms with Gasteiger partial charge in [0, 0.05) is 23.3 Å². The monoisotopic (exact) mass is 339 g/mol. The maximum absolute atomic E-state index is 12.6. The van der Waals surface area contributed by atoms with E-state index in [0.717, 1.165) is 10.9 Å². The maximum Gasteiger partial charge on any atom is 0.259 e. The van der Waals surface area contributed by atoms with Crippen molar-refractivity contribution in [1.82, 2.24) is 9.78 Å². The minimum atomic E-state index is -0.265. The number of amides is 1. The van der Waals surface area contributed by atoms with Gasteiger partial charge >= 0.3 is 0 Å². The molecule has 0 fully saturated rings. The molecule has 0 aliphatic carbocycles. The Bertz CT molecular complexity index is 915. The predicted molar refractivity (Wildman–Crippen MR) is 97.6 cm³/mol. The van der Waals surface area contributed by atoms with Gasteiger partial charge in [0.05, 0.1) is 25.3 Å². The number of aromatic nitrogens is 2. The number of nitrogens with zero attached hydrogens (tertiary/aromatic N) is 2. The van der Waals surface area contributed by atoms with Crippen LogP contribution in [0.1, 0.15) is 30.2 Å². The Morgan fingerprint density at radius 2 is 1.96 bits per heavy atom. The van der Waals surface area contributed by atoms with Gasteiger partial charge in [-0.3, -0.25) is 9.48 Å². The summed E-state index contributed by atoms with van der Waals surface area (Å²) in [5.74, 6) is 0.660. The van der Waals surface area contributed by atoms with Crippen LogP contribution in [0.3, 0.4) is 0 Å². The highest BCUT2D eigenvalue weighted by Crippen LogP contribution is 2.31. The Balaban J connectivity index is 1.89. The number of ether oxygens (including phenoxy) is 2. The second-order valence-electron chi connectivity index (χ2n) is 5.97. The molecule has 0 bridgehead atoms. The van der Waals surface area contributed by atoms with Crippen molar-refractivity contribution >= 4 is 22.5 Å². The summed E-state index contributed by atoms with van der Waals surface area (Å²) >= 11 is 0. The lowest BCUT2D eigenvalue weighted by atomic mass is 10.1. The molecule has 0 unspecified atom stereocenters. The van der Waals surface area contributed by atoms with Crippen LogP contribution in [0.5, 0.6) is 11.5 Å². The number of benzene rings is 2. The van der Waals surface area contributed by atoms with Crippen molar-refractivity contribution in [2.75, 3.05) is 19.5 Å². The lowest BCUT2D eigenvalue weighted by molar-refractivity contribution is 0.102. The van der Waals surface area contributed by atoms with Crippen molar-refractivity contribution in [1.29, 1.82) is 0 Å². The minimum Gasteiger partial charge on any atom is -0.493 e. The van der Waals surface area contributed by atoms with Crippen molar-refractivity contribution < 1.29 is 14.3 Å². The van der Waals surface area contributed by atoms with Crippen molar-refractivity contribution in [3.63, 3.8) is 0 Å². The quantitative estimate of drug-likeness (QED) is 0.766. The van der Waals surface area contributed by atoms with Crippen LogP contribution in [0.2, 0.25) is 0 Å². The Hall–Kier alpha value is -3.02. The number of carbonyl (C=O) groups is 1. The molecular weight excluding hydrogens is 318 g/mol. The van der Waals surface area contributed by atoms with Crippen LogP contribution in [0.25, 0.3) is 10.9 Å². The first-order chi connectivity index (χ1) is 12.0. The molecule has 0 aliphatic heterocycles. The molecule has 1 N–H and O–H groups in total. The smallest absolute Gasteiger partial charge is 0.259 e. The lowest BCUT2D eigenvalue weighted by Crippen LogP contribution is -2.13. The predicted octanol–water partition coefficient (Wildman–Crippen LogP) is 3.89. The van der Waals surface area contributed by atoms with Crippen LogP contribution in [0, 0.1) is 0 Å². The number of carbonyl (C=O) groups excluding carboxylic acids is 1. The summed E-state index contributed by atoms with van der Waals surface area (Å²) in [7, 11) is 3.05. The Labute approximate surface area is 146 Å². The van der Waals surface area contributed by atoms with E-state index >= 15 is 0 Å². The zero-order valence-corrected chi connectivity index (χ0v) is 14.7. The Morgan fingerprint density at radius 3 is 2.64 bits per heavy atom. The van der Waals surface area contributed by atoms with Gasteiger partial charge in [-0.15, -0.1) is 0 Å². The normalized spacial score (nSPS) is 10.9. The van der Waals surface area contributed by atoms with Gasteiger partial charge in [0.15, 0.2) is 11.5 Å². The molecule has 130 valence electrons. The fraction of sp³-hybridized carbons (Fsp3) is 0.263. The molecule has 0 aliphatic rings. The van der Waals surface area contributed by atoms with E-state index in [2.05, 4.69) is 24.3 Å². The molecule has 1 amide bonds. The molecule has 2 aromatic carbocycles. The fourth-order valence-corrected chi connectivity index (χ4v) is 2.64. The standard InChI is InChI=1S/C19H21N3O3/c1-12(2)22-11-13-8-9-14(10-16(13)21-22)20-19(23)15-6-5-7-17(24-3)18(15)25-4/h5-12H,1-4H3,(H,20,23). The van der Waals surface area contributed by atoms with Gasteiger partial charge in [-0.1, -0.05) is 6.07 Å². The largest absolute Gasteiger partial charge is 0.493 e. The first-order valence-corrected chi connectivity index (χ1v) is 8.04. The molecule has 6 heteroatoms. The zero-order valence-electron chi connectivity index (χ0n) is 14.7. The van der Waals surface area contributed by atoms with E-state index in [4.69, 9.17) is 9.47 Å². The lowest BCUT2D eigenvalue weighted by Gasteiger charge is -2.12. The van der Waals surface area contributed by atoms with Gasteiger partial charge in [0.1, 0.15) is 0 Å². The molecule has 0 saturated carbocycles. The summed E-state index contributed by atoms with van der Waals surface area (Å²) in [6, 6.07) is 11.1. The van der Waals surface area contributed by atoms with Crippen molar-refractivity contribution in [3.05, 3.63) is 48.2 Å². The average Bonchev–Trinajstić information content (AvgIpc) is 3.04. The molecule has 1 aromatic heterocycles. The summed E-state index contributed by atoms with van der Waals surface area (Å²) in [5, 5.41) is 8.46. The van der Waals surface area contributed by atoms with Gasteiger partial charge in [-0.25, -0.2) is 0 Å². The van der Waals surface area contributed by atoms with E-state index in [1.54, 1.807) is 25.3 Å². The maximum atomic E-state index is 12.6. The van der Waals surface area contributed by atoms with Crippen LogP contribution >= 0.6 is 0 Å². The van der Waals surface area contributed by atoms with Crippen LogP contribution in [0.4, 0.5) is 5.69 Å². The number of anilines is 1. The molecular formula is C19H21N3O3. The van der Waals surface area contributed by atoms with Gasteiger partial charge in [-0.05, 0) is 44.2 Å². The highest BCUT2D eigenvalue weighted by atomic mass is 16.5. The molecule has 1 heterocycles. The molecule has 3 aromatic rings. The molecule has 6 nitrogen and oxygen atoms in total. The summed E-state index contributed by atoms with van der Waals surface area (Å²) in [6.07, 6.45) is 2.00. The minimum absolute atomic E-state index is 0.265. The number of nitrogens with one attached hydrogen (secondary N) is 1. The van der Waals surface area contributed by atoms with E-state index in [1.807, 2.05) is 29.1 Å². The van der Waals surface area contributed by atoms with Gasteiger partial charge in [-0.2, -0.15) is 5.10 Å². The van der Waals surface area contributed by atoms with Gasteiger partial charge < -0.3 is 14.8 Å². The van der Waals surface area contributed by atoms with Gasteiger partial charge in [0.25, 0.3) is 5.91 Å². The Kier molecular flexibility index (Phi) is 4.61. The third-order valence-electron chi connectivity index (χ3n) is 3.96. The van der Waals surface area contributed by atoms with Crippen LogP contribution in [-0.2, 0) is 0 Å². The van der Waals surface area contributed by atoms with Crippen molar-refractivity contribution in [3.8, 4) is 11.5 Å². The highest BCUT2D eigenvalue weighted by molar-refractivity contribution is 6.07. The fourth-order valence-electron chi connectivity index (χ4n) is 2.64. The number of fused-ring (bicyclic) bond motifs is 1. The number of para-hydroxylation sites is 1. The second-order valence-corrected chi connectivity index (χ2v) is 5.97. The highest BCUT2D eigenvalue weighted by Gasteiger charge is 2.16. The van der Waals surface area contributed by atoms with E-state index in [0.29, 0.717) is 22.7 Å². The average molecular weight is 339 g/mol. The topological polar surface area (TPSA) is 65.4 Å². The SMILES string of the molecule is COc1cccc(C(=O)Nc2ccc3cn(C(C)C)nc3c2)c1OC. The molecule has 3 rings (SSSR count). The molecule has 25 heavy (non-hydrogen) atoms. The van der Waals surface area contributed by atoms with E-state index in [9.17, 15) is 4.79 Å². The Morgan fingerprint density at radius 1 is 1.16 bits per heavy atom. The second kappa shape index (κ2) is 6.84. The number of rotatable bonds is 5. The van der Waals surface area contributed by atoms with E-state index in [1.165, 1.54) is 7.11 Å². The van der Waals surface area contributed by atoms with Crippen LogP contribution < -0.4 is 14.8 Å². The first kappa shape index (κ1) is 16.8. The number of methoxy groups -OCH3 is 2. The number of hydrogen-bond acceptors (Lipinski definition) is 4. The molecule has 0 saturated heterocycles. The van der Waals surface area contributed by atoms with Crippen LogP contribution in [0.15, 0.2) is 42.6 Å². The summed E-state index contributed by atoms with van der Waals surface area (Å²) < 4.78 is 12.5. The first-order valence-electron chi connectivity index (χ1n) is 8.04. The zero-order chi connectivity index (χ0) is 18.0. The molecule has 0 atom stereocenters. The summed E-state index contributed by atoms with van der Waals surface area (Å²) in [6.45, 7) is 4.15. The third kappa shape index (κ3) is 3.28. The van der Waals surface area contributed by atoms with Crippen LogP contribution in [-0.4, -0.2) is 29.9 Å². The van der Waals surface area contributed by atoms with Crippen molar-refractivity contribution in [2.24, 2.45) is 0 Å². The summed E-state index contributed by atoms with van der Waals surface area (Å²) in [4.78, 5) is 12.6. The molecule has 0 radical (unpaired) electrons. The van der Waals surface area contributed by atoms with E-state index < -0.39 is 0 Å².